The molecule has 0 unspecified atom stereocenters. The summed E-state index contributed by atoms with van der Waals surface area (Å²) in [6.07, 6.45) is 0. The summed E-state index contributed by atoms with van der Waals surface area (Å²) in [6, 6.07) is 26.2. The minimum Gasteiger partial charge on any atom is -0.744 e. The van der Waals surface area contributed by atoms with Crippen molar-refractivity contribution < 1.29 is 59.9 Å². The molecule has 1 aliphatic carbocycles. The molecule has 0 fully saturated rings. The minimum atomic E-state index is -4.86. The van der Waals surface area contributed by atoms with Crippen molar-refractivity contribution in [3.05, 3.63) is 119 Å². The average molecular weight is 788 g/mol. The maximum atomic E-state index is 12.6. The molecule has 0 saturated heterocycles. The first-order valence-corrected chi connectivity index (χ1v) is 20.8. The molecule has 1 heterocycles. The predicted molar refractivity (Wildman–Crippen MR) is 212 cm³/mol. The van der Waals surface area contributed by atoms with Crippen LogP contribution >= 0.6 is 0 Å². The summed E-state index contributed by atoms with van der Waals surface area (Å²) in [5, 5.41) is 4.74. The number of fused-ring (bicyclic) bond motifs is 2. The third-order valence-electron chi connectivity index (χ3n) is 9.69. The summed E-state index contributed by atoms with van der Waals surface area (Å²) in [7, 11) is -9.57. The van der Waals surface area contributed by atoms with Gasteiger partial charge >= 0.3 is 29.6 Å². The quantitative estimate of drug-likeness (QED) is 0.0853. The molecule has 9 nitrogen and oxygen atoms in total. The maximum absolute atomic E-state index is 12.6. The van der Waals surface area contributed by atoms with Crippen LogP contribution in [0.2, 0.25) is 0 Å². The van der Waals surface area contributed by atoms with Gasteiger partial charge in [-0.15, -0.1) is 0 Å². The van der Waals surface area contributed by atoms with Crippen molar-refractivity contribution in [1.82, 2.24) is 0 Å². The number of nitrogens with one attached hydrogen (secondary N) is 1. The summed E-state index contributed by atoms with van der Waals surface area (Å²) in [6.45, 7) is 16.2. The number of nitrogens with zero attached hydrogens (tertiary/aromatic N) is 1. The van der Waals surface area contributed by atoms with Crippen molar-refractivity contribution in [1.29, 1.82) is 0 Å². The zero-order chi connectivity index (χ0) is 39.3. The second-order valence-electron chi connectivity index (χ2n) is 14.9. The van der Waals surface area contributed by atoms with E-state index in [-0.39, 0.29) is 68.6 Å². The molecule has 4 aromatic rings. The van der Waals surface area contributed by atoms with Crippen LogP contribution in [-0.4, -0.2) is 25.9 Å². The molecule has 282 valence electrons. The van der Waals surface area contributed by atoms with Gasteiger partial charge < -0.3 is 18.8 Å². The van der Waals surface area contributed by atoms with E-state index in [0.717, 1.165) is 11.4 Å². The topological polar surface area (TPSA) is 152 Å². The molecule has 1 aliphatic heterocycles. The molecule has 6 rings (SSSR count). The first kappa shape index (κ1) is 42.3. The van der Waals surface area contributed by atoms with Crippen molar-refractivity contribution in [2.75, 3.05) is 5.32 Å². The van der Waals surface area contributed by atoms with E-state index in [2.05, 4.69) is 51.2 Å². The molecule has 0 amide bonds. The van der Waals surface area contributed by atoms with Crippen LogP contribution in [0, 0.1) is 0 Å². The van der Waals surface area contributed by atoms with Crippen LogP contribution < -0.4 is 40.2 Å². The van der Waals surface area contributed by atoms with Gasteiger partial charge in [-0.25, -0.2) is 21.8 Å². The van der Waals surface area contributed by atoms with Gasteiger partial charge in [0.15, 0.2) is 0 Å². The van der Waals surface area contributed by atoms with E-state index in [0.29, 0.717) is 50.0 Å². The standard InChI is InChI=1S/C43H46N2O7S2.Na/c1-24(2)31-13-11-14-32(25(3)4)42(31)44-28-16-18-33-38(20-28)52-39-21-29(17-19-34(39)41(33)35-12-9-10-15-40(35)54(49,50)51)45-43-36(26(5)6)22-30(53(46,47)48)23-37(43)27(7)8;/h9-27,44H,1-8H3,(H,46,47,48)(H,49,50,51);/q;+1/p-2. The summed E-state index contributed by atoms with van der Waals surface area (Å²) >= 11 is 0. The van der Waals surface area contributed by atoms with Gasteiger partial charge in [-0.2, -0.15) is 0 Å². The third kappa shape index (κ3) is 8.78. The van der Waals surface area contributed by atoms with E-state index in [1.807, 2.05) is 45.9 Å². The van der Waals surface area contributed by atoms with Gasteiger partial charge in [0.05, 0.1) is 20.8 Å². The van der Waals surface area contributed by atoms with Gasteiger partial charge in [0, 0.05) is 45.6 Å². The molecule has 0 radical (unpaired) electrons. The van der Waals surface area contributed by atoms with Gasteiger partial charge in [0.1, 0.15) is 31.6 Å². The van der Waals surface area contributed by atoms with Gasteiger partial charge in [0.25, 0.3) is 0 Å². The SMILES string of the molecule is CC(C)c1cc(S(=O)(=O)[O-])cc(C(C)C)c1N=c1ccc2c(-c3ccccc3S(=O)(=O)[O-])c3ccc(Nc4c(C(C)C)cccc4C(C)C)cc3oc-2c1.[Na+]. The van der Waals surface area contributed by atoms with Crippen LogP contribution in [0.4, 0.5) is 17.1 Å². The van der Waals surface area contributed by atoms with Crippen LogP contribution in [0.15, 0.2) is 110 Å². The first-order chi connectivity index (χ1) is 25.3. The second-order valence-corrected chi connectivity index (χ2v) is 17.6. The molecule has 0 saturated carbocycles. The van der Waals surface area contributed by atoms with Gasteiger partial charge in [-0.3, -0.25) is 0 Å². The average Bonchev–Trinajstić information content (AvgIpc) is 3.09. The van der Waals surface area contributed by atoms with E-state index in [9.17, 15) is 25.9 Å². The predicted octanol–water partition coefficient (Wildman–Crippen LogP) is 7.49. The Hall–Kier alpha value is -3.81. The first-order valence-electron chi connectivity index (χ1n) is 18.0. The van der Waals surface area contributed by atoms with Crippen molar-refractivity contribution in [2.45, 2.75) is 88.9 Å². The normalized spacial score (nSPS) is 12.7. The van der Waals surface area contributed by atoms with Gasteiger partial charge in [-0.1, -0.05) is 91.8 Å². The van der Waals surface area contributed by atoms with Crippen molar-refractivity contribution in [2.24, 2.45) is 4.99 Å². The smallest absolute Gasteiger partial charge is 0.744 e. The molecule has 0 bridgehead atoms. The number of anilines is 2. The molecular formula is C43H44N2NaO7S2-. The molecule has 4 aromatic carbocycles. The maximum Gasteiger partial charge on any atom is 1.00 e. The molecule has 0 aromatic heterocycles. The van der Waals surface area contributed by atoms with E-state index in [1.54, 1.807) is 30.3 Å². The van der Waals surface area contributed by atoms with Crippen LogP contribution in [0.3, 0.4) is 0 Å². The fourth-order valence-corrected chi connectivity index (χ4v) is 8.21. The Bertz CT molecular complexity index is 2610. The summed E-state index contributed by atoms with van der Waals surface area (Å²) < 4.78 is 80.7. The monoisotopic (exact) mass is 787 g/mol. The van der Waals surface area contributed by atoms with E-state index in [4.69, 9.17) is 9.41 Å². The molecule has 0 spiro atoms. The number of hydrogen-bond donors (Lipinski definition) is 1. The van der Waals surface area contributed by atoms with Crippen LogP contribution in [-0.2, 0) is 20.2 Å². The summed E-state index contributed by atoms with van der Waals surface area (Å²) in [5.74, 6) is 0.588. The second kappa shape index (κ2) is 16.3. The minimum absolute atomic E-state index is 0. The molecule has 12 heteroatoms. The Balaban J connectivity index is 0.00000580. The summed E-state index contributed by atoms with van der Waals surface area (Å²) in [5.41, 5.74) is 7.66. The fraction of sp³-hybridized carbons (Fsp3) is 0.279. The van der Waals surface area contributed by atoms with E-state index in [1.165, 1.54) is 35.4 Å². The third-order valence-corrected chi connectivity index (χ3v) is 11.4. The Labute approximate surface area is 346 Å². The zero-order valence-corrected chi connectivity index (χ0v) is 36.2. The van der Waals surface area contributed by atoms with E-state index >= 15 is 0 Å². The molecule has 55 heavy (non-hydrogen) atoms. The van der Waals surface area contributed by atoms with Crippen LogP contribution in [0.1, 0.15) is 101 Å². The zero-order valence-electron chi connectivity index (χ0n) is 32.6. The van der Waals surface area contributed by atoms with Gasteiger partial charge in [0.2, 0.25) is 0 Å². The van der Waals surface area contributed by atoms with Crippen LogP contribution in [0.5, 0.6) is 0 Å². The van der Waals surface area contributed by atoms with Crippen LogP contribution in [0.25, 0.3) is 33.4 Å². The molecular weight excluding hydrogens is 744 g/mol. The Morgan fingerprint density at radius 2 is 1.20 bits per heavy atom. The Morgan fingerprint density at radius 3 is 1.75 bits per heavy atom. The van der Waals surface area contributed by atoms with E-state index < -0.39 is 20.2 Å². The Morgan fingerprint density at radius 1 is 0.618 bits per heavy atom. The molecule has 2 aliphatic rings. The number of para-hydroxylation sites is 1. The van der Waals surface area contributed by atoms with Crippen molar-refractivity contribution in [3.8, 4) is 22.5 Å². The number of hydrogen-bond acceptors (Lipinski definition) is 9. The van der Waals surface area contributed by atoms with Crippen molar-refractivity contribution >= 4 is 48.3 Å². The fourth-order valence-electron chi connectivity index (χ4n) is 6.98. The largest absolute Gasteiger partial charge is 1.00 e. The molecule has 1 N–H and O–H groups in total. The number of rotatable bonds is 10. The molecule has 0 atom stereocenters. The van der Waals surface area contributed by atoms with Gasteiger partial charge in [-0.05, 0) is 88.4 Å². The summed E-state index contributed by atoms with van der Waals surface area (Å²) in [4.78, 5) is 4.36. The van der Waals surface area contributed by atoms with Crippen molar-refractivity contribution in [3.63, 3.8) is 0 Å². The Kier molecular flexibility index (Phi) is 12.6. The number of benzene rings is 5.